The topological polar surface area (TPSA) is 152 Å². The Labute approximate surface area is 293 Å². The molecule has 0 bridgehead atoms. The number of halogens is 2. The number of nitrogens with one attached hydrogen (secondary N) is 2. The van der Waals surface area contributed by atoms with Gasteiger partial charge in [-0.05, 0) is 123 Å². The van der Waals surface area contributed by atoms with Gasteiger partial charge in [0.05, 0.1) is 22.9 Å². The summed E-state index contributed by atoms with van der Waals surface area (Å²) in [6, 6.07) is 13.0. The fraction of sp³-hybridized carbons (Fsp3) is 0.333. The Bertz CT molecular complexity index is 1910. The Morgan fingerprint density at radius 1 is 1.12 bits per heavy atom. The van der Waals surface area contributed by atoms with Crippen molar-refractivity contribution in [3.8, 4) is 11.4 Å². The zero-order valence-electron chi connectivity index (χ0n) is 27.6. The van der Waals surface area contributed by atoms with Gasteiger partial charge in [-0.25, -0.2) is 9.18 Å². The average molecular weight is 702 g/mol. The van der Waals surface area contributed by atoms with Crippen LogP contribution < -0.4 is 15.4 Å². The minimum Gasteiger partial charge on any atom is -0.493 e. The van der Waals surface area contributed by atoms with E-state index in [1.807, 2.05) is 19.9 Å². The van der Waals surface area contributed by atoms with Gasteiger partial charge >= 0.3 is 5.97 Å². The first-order valence-corrected chi connectivity index (χ1v) is 16.7. The number of nitrogens with zero attached hydrogens (tertiary/aromatic N) is 5. The van der Waals surface area contributed by atoms with Gasteiger partial charge in [-0.3, -0.25) is 9.59 Å². The third kappa shape index (κ3) is 7.38. The second-order valence-electron chi connectivity index (χ2n) is 13.0. The van der Waals surface area contributed by atoms with Gasteiger partial charge in [-0.1, -0.05) is 23.7 Å². The van der Waals surface area contributed by atoms with E-state index < -0.39 is 35.2 Å². The molecule has 1 fully saturated rings. The molecule has 0 radical (unpaired) electrons. The van der Waals surface area contributed by atoms with E-state index in [1.165, 1.54) is 64.5 Å². The van der Waals surface area contributed by atoms with Crippen LogP contribution in [0.4, 0.5) is 10.1 Å². The van der Waals surface area contributed by atoms with E-state index in [2.05, 4.69) is 26.2 Å². The van der Waals surface area contributed by atoms with Crippen molar-refractivity contribution in [2.45, 2.75) is 51.1 Å². The Kier molecular flexibility index (Phi) is 10.3. The van der Waals surface area contributed by atoms with E-state index in [0.717, 1.165) is 37.9 Å². The van der Waals surface area contributed by atoms with Crippen molar-refractivity contribution in [3.63, 3.8) is 0 Å². The summed E-state index contributed by atoms with van der Waals surface area (Å²) < 4.78 is 23.0. The summed E-state index contributed by atoms with van der Waals surface area (Å²) in [5.74, 6) is -1.70. The maximum atomic E-state index is 15.4. The number of carboxylic acid groups (broad SMARTS) is 1. The number of hydrogen-bond donors (Lipinski definition) is 3. The van der Waals surface area contributed by atoms with Crippen molar-refractivity contribution in [3.05, 3.63) is 100 Å². The summed E-state index contributed by atoms with van der Waals surface area (Å²) in [7, 11) is 0. The van der Waals surface area contributed by atoms with Crippen molar-refractivity contribution in [2.24, 2.45) is 5.92 Å². The van der Waals surface area contributed by atoms with Crippen LogP contribution in [0.5, 0.6) is 5.75 Å². The molecule has 1 atom stereocenters. The second-order valence-corrected chi connectivity index (χ2v) is 13.4. The monoisotopic (exact) mass is 701 g/mol. The lowest BCUT2D eigenvalue weighted by atomic mass is 9.80. The molecule has 3 heterocycles. The number of fused-ring (bicyclic) bond motifs is 1. The highest BCUT2D eigenvalue weighted by molar-refractivity contribution is 6.31. The highest BCUT2D eigenvalue weighted by atomic mass is 35.5. The number of hydrogen-bond acceptors (Lipinski definition) is 8. The number of piperidine rings is 1. The lowest BCUT2D eigenvalue weighted by Crippen LogP contribution is -2.56. The van der Waals surface area contributed by atoms with Crippen molar-refractivity contribution in [1.82, 2.24) is 30.4 Å². The van der Waals surface area contributed by atoms with Crippen LogP contribution in [0.1, 0.15) is 66.2 Å². The van der Waals surface area contributed by atoms with Crippen molar-refractivity contribution in [1.29, 1.82) is 0 Å². The van der Waals surface area contributed by atoms with Gasteiger partial charge in [0.2, 0.25) is 5.91 Å². The minimum absolute atomic E-state index is 0.0164. The van der Waals surface area contributed by atoms with Crippen LogP contribution in [-0.2, 0) is 16.0 Å². The van der Waals surface area contributed by atoms with E-state index in [-0.39, 0.29) is 21.8 Å². The fourth-order valence-corrected chi connectivity index (χ4v) is 6.85. The zero-order chi connectivity index (χ0) is 35.4. The molecule has 3 N–H and O–H groups in total. The number of benzene rings is 3. The van der Waals surface area contributed by atoms with Crippen LogP contribution in [-0.4, -0.2) is 73.2 Å². The summed E-state index contributed by atoms with van der Waals surface area (Å²) in [5, 5.41) is 26.5. The Morgan fingerprint density at radius 2 is 1.88 bits per heavy atom. The largest absolute Gasteiger partial charge is 0.493 e. The molecular weight excluding hydrogens is 665 g/mol. The maximum Gasteiger partial charge on any atom is 0.335 e. The van der Waals surface area contributed by atoms with Crippen LogP contribution in [0.3, 0.4) is 0 Å². The number of carboxylic acids is 1. The number of aromatic carboxylic acids is 1. The molecule has 0 aliphatic carbocycles. The van der Waals surface area contributed by atoms with Gasteiger partial charge < -0.3 is 25.4 Å². The average Bonchev–Trinajstić information content (AvgIpc) is 3.64. The molecule has 2 amide bonds. The number of ether oxygens (including phenoxy) is 1. The van der Waals surface area contributed by atoms with Crippen LogP contribution in [0, 0.1) is 11.7 Å². The van der Waals surface area contributed by atoms with E-state index >= 15 is 4.39 Å². The standard InChI is InChI=1S/C36H37ClFN7O5/c1-36(2)20-27-25(4-3-5-30(27)50-19-16-22-14-17-39-18-15-22)33(34(47)41-24-8-6-23(7-9-24)35(48)49)45(36)31(46)13-10-26-29(44-21-40-42-43-44)12-11-28(37)32(26)38/h3-13,21-22,33,39H,14-20H2,1-2H3,(H,41,47)(H,48,49). The number of rotatable bonds is 10. The summed E-state index contributed by atoms with van der Waals surface area (Å²) in [4.78, 5) is 41.4. The molecule has 2 aliphatic rings. The van der Waals surface area contributed by atoms with Crippen molar-refractivity contribution < 1.29 is 28.6 Å². The lowest BCUT2D eigenvalue weighted by molar-refractivity contribution is -0.142. The van der Waals surface area contributed by atoms with Gasteiger partial charge in [-0.15, -0.1) is 5.10 Å². The third-order valence-electron chi connectivity index (χ3n) is 9.21. The van der Waals surface area contributed by atoms with Gasteiger partial charge in [-0.2, -0.15) is 4.68 Å². The normalized spacial score (nSPS) is 17.4. The fourth-order valence-electron chi connectivity index (χ4n) is 6.69. The van der Waals surface area contributed by atoms with Crippen LogP contribution >= 0.6 is 11.6 Å². The van der Waals surface area contributed by atoms with Crippen molar-refractivity contribution >= 4 is 41.1 Å². The second kappa shape index (κ2) is 14.8. The van der Waals surface area contributed by atoms with Crippen LogP contribution in [0.25, 0.3) is 11.8 Å². The number of carbonyl (C=O) groups excluding carboxylic acids is 2. The summed E-state index contributed by atoms with van der Waals surface area (Å²) in [6.07, 6.45) is 7.28. The number of carbonyl (C=O) groups is 3. The lowest BCUT2D eigenvalue weighted by Gasteiger charge is -2.47. The molecule has 0 spiro atoms. The van der Waals surface area contributed by atoms with Gasteiger partial charge in [0.1, 0.15) is 18.1 Å². The number of anilines is 1. The Morgan fingerprint density at radius 3 is 2.58 bits per heavy atom. The predicted octanol–water partition coefficient (Wildman–Crippen LogP) is 5.48. The SMILES string of the molecule is CC1(C)Cc2c(OCCC3CCNCC3)cccc2C(C(=O)Nc2ccc(C(=O)O)cc2)N1C(=O)C=Cc1c(-n2cnnn2)ccc(Cl)c1F. The highest BCUT2D eigenvalue weighted by Gasteiger charge is 2.46. The quantitative estimate of drug-likeness (QED) is 0.183. The summed E-state index contributed by atoms with van der Waals surface area (Å²) in [6.45, 7) is 6.24. The highest BCUT2D eigenvalue weighted by Crippen LogP contribution is 2.43. The third-order valence-corrected chi connectivity index (χ3v) is 9.50. The van der Waals surface area contributed by atoms with E-state index in [9.17, 15) is 19.5 Å². The van der Waals surface area contributed by atoms with Gasteiger partial charge in [0.25, 0.3) is 5.91 Å². The molecule has 14 heteroatoms. The number of amides is 2. The molecule has 260 valence electrons. The van der Waals surface area contributed by atoms with Gasteiger partial charge in [0.15, 0.2) is 5.82 Å². The molecule has 1 unspecified atom stereocenters. The molecule has 6 rings (SSSR count). The molecule has 0 saturated carbocycles. The Hall–Kier alpha value is -5.14. The molecule has 3 aromatic carbocycles. The smallest absolute Gasteiger partial charge is 0.335 e. The Balaban J connectivity index is 1.35. The van der Waals surface area contributed by atoms with Crippen LogP contribution in [0.15, 0.2) is 67.0 Å². The van der Waals surface area contributed by atoms with E-state index in [4.69, 9.17) is 16.3 Å². The van der Waals surface area contributed by atoms with E-state index in [0.29, 0.717) is 35.9 Å². The molecule has 4 aromatic rings. The molecule has 1 saturated heterocycles. The van der Waals surface area contributed by atoms with E-state index in [1.54, 1.807) is 12.1 Å². The minimum atomic E-state index is -1.12. The van der Waals surface area contributed by atoms with Crippen molar-refractivity contribution in [2.75, 3.05) is 25.0 Å². The van der Waals surface area contributed by atoms with Crippen LogP contribution in [0.2, 0.25) is 5.02 Å². The predicted molar refractivity (Wildman–Crippen MR) is 185 cm³/mol. The molecule has 1 aromatic heterocycles. The first-order valence-electron chi connectivity index (χ1n) is 16.4. The maximum absolute atomic E-state index is 15.4. The van der Waals surface area contributed by atoms with Gasteiger partial charge in [0, 0.05) is 28.4 Å². The first kappa shape index (κ1) is 34.7. The molecular formula is C36H37ClFN7O5. The summed E-state index contributed by atoms with van der Waals surface area (Å²) >= 11 is 6.11. The first-order chi connectivity index (χ1) is 24.0. The zero-order valence-corrected chi connectivity index (χ0v) is 28.4. The number of tetrazole rings is 1. The molecule has 12 nitrogen and oxygen atoms in total. The molecule has 50 heavy (non-hydrogen) atoms. The summed E-state index contributed by atoms with van der Waals surface area (Å²) in [5.41, 5.74) is 1.16. The number of aromatic nitrogens is 4. The molecule has 2 aliphatic heterocycles.